The average molecular weight is 259 g/mol. The SMILES string of the molecule is OC[C@@H](O)[C@@H](O)[C@H](O)[C@@H](O)C=[O+][Se-]. The molecule has 0 spiro atoms. The van der Waals surface area contributed by atoms with Crippen LogP contribution in [0.3, 0.4) is 0 Å². The molecule has 13 heavy (non-hydrogen) atoms. The molecule has 0 bridgehead atoms. The van der Waals surface area contributed by atoms with Crippen molar-refractivity contribution in [1.29, 1.82) is 0 Å². The molecule has 0 aromatic carbocycles. The first-order valence-corrected chi connectivity index (χ1v) is 4.19. The summed E-state index contributed by atoms with van der Waals surface area (Å²) in [6.07, 6.45) is -5.35. The zero-order chi connectivity index (χ0) is 10.4. The Bertz CT molecular complexity index is 163. The van der Waals surface area contributed by atoms with Crippen molar-refractivity contribution in [3.63, 3.8) is 0 Å². The molecule has 0 aromatic heterocycles. The maximum absolute atomic E-state index is 9.12. The van der Waals surface area contributed by atoms with Gasteiger partial charge in [0.2, 0.25) is 0 Å². The molecule has 0 rings (SSSR count). The van der Waals surface area contributed by atoms with Crippen LogP contribution in [0.2, 0.25) is 0 Å². The maximum atomic E-state index is 9.12. The first kappa shape index (κ1) is 13.0. The van der Waals surface area contributed by atoms with Gasteiger partial charge in [-0.3, -0.25) is 0 Å². The molecule has 6 nitrogen and oxygen atoms in total. The summed E-state index contributed by atoms with van der Waals surface area (Å²) in [4.78, 5) is 0. The van der Waals surface area contributed by atoms with Crippen LogP contribution in [-0.2, 0) is 3.51 Å². The van der Waals surface area contributed by atoms with Crippen LogP contribution < -0.4 is 0 Å². The van der Waals surface area contributed by atoms with Gasteiger partial charge in [-0.2, -0.15) is 0 Å². The minimum atomic E-state index is -1.63. The van der Waals surface area contributed by atoms with Gasteiger partial charge in [-0.1, -0.05) is 0 Å². The molecule has 0 aliphatic carbocycles. The van der Waals surface area contributed by atoms with E-state index in [1.807, 2.05) is 0 Å². The Balaban J connectivity index is 4.15. The average Bonchev–Trinajstić information content (AvgIpc) is 2.14. The van der Waals surface area contributed by atoms with Gasteiger partial charge in [0.15, 0.2) is 0 Å². The number of rotatable bonds is 5. The Labute approximate surface area is 83.3 Å². The van der Waals surface area contributed by atoms with Gasteiger partial charge in [0, 0.05) is 0 Å². The van der Waals surface area contributed by atoms with Crippen molar-refractivity contribution in [2.75, 3.05) is 6.61 Å². The third-order valence-corrected chi connectivity index (χ3v) is 1.71. The molecule has 0 unspecified atom stereocenters. The minimum absolute atomic E-state index is 0.704. The number of hydrogen-bond acceptors (Lipinski definition) is 5. The first-order valence-electron chi connectivity index (χ1n) is 3.49. The van der Waals surface area contributed by atoms with Crippen molar-refractivity contribution >= 4 is 22.6 Å². The van der Waals surface area contributed by atoms with Gasteiger partial charge in [0.05, 0.1) is 0 Å². The fraction of sp³-hybridized carbons (Fsp3) is 0.833. The standard InChI is InChI=1S/C6H12O6Se/c7-1-3(8)5(10)6(11)4(9)2-12-13/h2-11H,1H2/t3-,4+,5-,6-/m1/s1. The molecule has 0 saturated carbocycles. The zero-order valence-electron chi connectivity index (χ0n) is 6.65. The van der Waals surface area contributed by atoms with E-state index >= 15 is 0 Å². The Hall–Kier alpha value is -0.0105. The number of aldehydes is 1. The predicted octanol–water partition coefficient (Wildman–Crippen LogP) is -3.76. The van der Waals surface area contributed by atoms with Crippen molar-refractivity contribution in [3.8, 4) is 0 Å². The molecule has 5 N–H and O–H groups in total. The molecule has 0 fully saturated rings. The van der Waals surface area contributed by atoms with E-state index in [-0.39, 0.29) is 0 Å². The van der Waals surface area contributed by atoms with Crippen LogP contribution in [0.5, 0.6) is 0 Å². The molecule has 0 heterocycles. The first-order chi connectivity index (χ1) is 6.04. The molecule has 78 valence electrons. The third-order valence-electron chi connectivity index (χ3n) is 1.48. The van der Waals surface area contributed by atoms with E-state index in [4.69, 9.17) is 25.5 Å². The summed E-state index contributed by atoms with van der Waals surface area (Å²) < 4.78 is 4.27. The topological polar surface area (TPSA) is 112 Å². The Morgan fingerprint density at radius 3 is 2.08 bits per heavy atom. The van der Waals surface area contributed by atoms with E-state index in [1.54, 1.807) is 0 Å². The third kappa shape index (κ3) is 4.15. The van der Waals surface area contributed by atoms with Gasteiger partial charge >= 0.3 is 82.7 Å². The second-order valence-corrected chi connectivity index (χ2v) is 2.86. The van der Waals surface area contributed by atoms with Gasteiger partial charge in [0.1, 0.15) is 0 Å². The molecule has 7 heteroatoms. The van der Waals surface area contributed by atoms with E-state index < -0.39 is 31.0 Å². The Morgan fingerprint density at radius 2 is 1.69 bits per heavy atom. The Kier molecular flexibility index (Phi) is 6.44. The molecule has 0 saturated heterocycles. The van der Waals surface area contributed by atoms with Crippen molar-refractivity contribution in [1.82, 2.24) is 0 Å². The van der Waals surface area contributed by atoms with E-state index in [2.05, 4.69) is 19.8 Å². The molecule has 0 aliphatic heterocycles. The van der Waals surface area contributed by atoms with Crippen LogP contribution in [0.4, 0.5) is 0 Å². The van der Waals surface area contributed by atoms with Crippen LogP contribution in [0.1, 0.15) is 0 Å². The van der Waals surface area contributed by atoms with Crippen LogP contribution in [0.25, 0.3) is 0 Å². The van der Waals surface area contributed by atoms with Crippen LogP contribution in [0, 0.1) is 0 Å². The van der Waals surface area contributed by atoms with E-state index in [1.165, 1.54) is 0 Å². The molecule has 0 aliphatic rings. The zero-order valence-corrected chi connectivity index (χ0v) is 8.36. The van der Waals surface area contributed by atoms with Gasteiger partial charge in [-0.25, -0.2) is 0 Å². The number of hydrogen-bond donors (Lipinski definition) is 5. The van der Waals surface area contributed by atoms with E-state index in [0.717, 1.165) is 6.29 Å². The number of carbonyl (C=O) groups excluding carboxylic acids is 1. The summed E-state index contributed by atoms with van der Waals surface area (Å²) in [5, 5.41) is 44.5. The summed E-state index contributed by atoms with van der Waals surface area (Å²) in [5.41, 5.74) is 0. The normalized spacial score (nSPS) is 21.3. The quantitative estimate of drug-likeness (QED) is 0.198. The second-order valence-electron chi connectivity index (χ2n) is 2.45. The van der Waals surface area contributed by atoms with Crippen LogP contribution in [-0.4, -0.2) is 79.2 Å². The summed E-state index contributed by atoms with van der Waals surface area (Å²) in [5.74, 6) is 0. The van der Waals surface area contributed by atoms with Gasteiger partial charge < -0.3 is 0 Å². The van der Waals surface area contributed by atoms with Crippen molar-refractivity contribution in [2.45, 2.75) is 24.4 Å². The van der Waals surface area contributed by atoms with Gasteiger partial charge in [-0.15, -0.1) is 0 Å². The summed E-state index contributed by atoms with van der Waals surface area (Å²) in [6.45, 7) is -0.704. The van der Waals surface area contributed by atoms with Crippen LogP contribution in [0.15, 0.2) is 0 Å². The van der Waals surface area contributed by atoms with E-state index in [9.17, 15) is 0 Å². The molecule has 4 atom stereocenters. The predicted molar refractivity (Wildman–Crippen MR) is 42.9 cm³/mol. The molecular formula is C6H12O6Se. The van der Waals surface area contributed by atoms with Crippen molar-refractivity contribution < 1.29 is 29.0 Å². The number of aliphatic hydroxyl groups excluding tert-OH is 5. The van der Waals surface area contributed by atoms with Crippen LogP contribution >= 0.6 is 0 Å². The Morgan fingerprint density at radius 1 is 1.15 bits per heavy atom. The van der Waals surface area contributed by atoms with Crippen molar-refractivity contribution in [2.24, 2.45) is 0 Å². The van der Waals surface area contributed by atoms with Crippen molar-refractivity contribution in [3.05, 3.63) is 0 Å². The summed E-state index contributed by atoms with van der Waals surface area (Å²) in [6, 6.07) is 0. The summed E-state index contributed by atoms with van der Waals surface area (Å²) >= 11 is 2.09. The molecule has 0 radical (unpaired) electrons. The summed E-state index contributed by atoms with van der Waals surface area (Å²) in [7, 11) is 0. The fourth-order valence-electron chi connectivity index (χ4n) is 0.675. The molecular weight excluding hydrogens is 247 g/mol. The second kappa shape index (κ2) is 6.44. The number of aliphatic hydroxyl groups is 5. The molecule has 0 aromatic rings. The van der Waals surface area contributed by atoms with Gasteiger partial charge in [-0.05, 0) is 0 Å². The van der Waals surface area contributed by atoms with Gasteiger partial charge in [0.25, 0.3) is 0 Å². The van der Waals surface area contributed by atoms with E-state index in [0.29, 0.717) is 0 Å². The molecule has 0 amide bonds. The fourth-order valence-corrected chi connectivity index (χ4v) is 0.914. The monoisotopic (exact) mass is 260 g/mol.